The van der Waals surface area contributed by atoms with E-state index in [1.165, 1.54) is 4.90 Å². The number of nitrogens with two attached hydrogens (primary N) is 1. The third kappa shape index (κ3) is 2.64. The van der Waals surface area contributed by atoms with Gasteiger partial charge >= 0.3 is 6.18 Å². The number of hydrogen-bond acceptors (Lipinski definition) is 2. The molecule has 0 saturated carbocycles. The maximum Gasteiger partial charge on any atom is 0.401 e. The van der Waals surface area contributed by atoms with Crippen LogP contribution in [-0.2, 0) is 0 Å². The van der Waals surface area contributed by atoms with Crippen molar-refractivity contribution in [1.29, 1.82) is 0 Å². The van der Waals surface area contributed by atoms with Crippen molar-refractivity contribution in [3.05, 3.63) is 0 Å². The average Bonchev–Trinajstić information content (AvgIpc) is 2.31. The topological polar surface area (TPSA) is 29.3 Å². The Bertz CT molecular complexity index is 146. The van der Waals surface area contributed by atoms with Crippen molar-refractivity contribution in [2.24, 2.45) is 5.73 Å². The number of likely N-dealkylation sites (tertiary alicyclic amines) is 1. The summed E-state index contributed by atoms with van der Waals surface area (Å²) in [5.74, 6) is 0. The number of halogens is 3. The second kappa shape index (κ2) is 3.62. The summed E-state index contributed by atoms with van der Waals surface area (Å²) in [6.45, 7) is 0.0479. The molecular weight excluding hydrogens is 169 g/mol. The first-order valence-electron chi connectivity index (χ1n) is 4.04. The van der Waals surface area contributed by atoms with Crippen molar-refractivity contribution in [2.45, 2.75) is 25.1 Å². The molecule has 2 nitrogen and oxygen atoms in total. The Balaban J connectivity index is 2.41. The van der Waals surface area contributed by atoms with Gasteiger partial charge in [-0.2, -0.15) is 13.2 Å². The highest BCUT2D eigenvalue weighted by atomic mass is 19.4. The third-order valence-corrected chi connectivity index (χ3v) is 2.15. The standard InChI is InChI=1S/C7H13F3N2/c8-7(9,10)5-12-3-1-2-6(12)4-11/h6H,1-5,11H2/t6-/m1/s1. The Morgan fingerprint density at radius 1 is 1.42 bits per heavy atom. The normalized spacial score (nSPS) is 26.5. The Labute approximate surface area is 69.5 Å². The molecule has 0 bridgehead atoms. The van der Waals surface area contributed by atoms with Crippen LogP contribution in [-0.4, -0.2) is 36.8 Å². The van der Waals surface area contributed by atoms with Crippen molar-refractivity contribution in [1.82, 2.24) is 4.90 Å². The minimum Gasteiger partial charge on any atom is -0.329 e. The minimum atomic E-state index is -4.09. The maximum absolute atomic E-state index is 11.9. The molecule has 0 aromatic carbocycles. The SMILES string of the molecule is NC[C@H]1CCCN1CC(F)(F)F. The Morgan fingerprint density at radius 3 is 2.58 bits per heavy atom. The van der Waals surface area contributed by atoms with Crippen LogP contribution in [0, 0.1) is 0 Å². The summed E-state index contributed by atoms with van der Waals surface area (Å²) in [5.41, 5.74) is 5.33. The predicted molar refractivity (Wildman–Crippen MR) is 39.7 cm³/mol. The fraction of sp³-hybridized carbons (Fsp3) is 1.00. The van der Waals surface area contributed by atoms with E-state index in [0.717, 1.165) is 12.8 Å². The molecule has 0 unspecified atom stereocenters. The van der Waals surface area contributed by atoms with Crippen molar-refractivity contribution in [3.63, 3.8) is 0 Å². The zero-order valence-electron chi connectivity index (χ0n) is 6.77. The first-order valence-corrected chi connectivity index (χ1v) is 4.04. The van der Waals surface area contributed by atoms with Crippen LogP contribution in [0.2, 0.25) is 0 Å². The van der Waals surface area contributed by atoms with Gasteiger partial charge in [0.2, 0.25) is 0 Å². The van der Waals surface area contributed by atoms with Crippen LogP contribution in [0.4, 0.5) is 13.2 Å². The molecule has 72 valence electrons. The highest BCUT2D eigenvalue weighted by Crippen LogP contribution is 2.23. The monoisotopic (exact) mass is 182 g/mol. The first kappa shape index (κ1) is 9.80. The van der Waals surface area contributed by atoms with Crippen molar-refractivity contribution in [3.8, 4) is 0 Å². The van der Waals surface area contributed by atoms with Crippen molar-refractivity contribution in [2.75, 3.05) is 19.6 Å². The molecule has 1 rings (SSSR count). The maximum atomic E-state index is 11.9. The molecule has 1 fully saturated rings. The van der Waals surface area contributed by atoms with Gasteiger partial charge in [0.05, 0.1) is 6.54 Å². The first-order chi connectivity index (χ1) is 5.53. The molecule has 0 aromatic rings. The lowest BCUT2D eigenvalue weighted by Gasteiger charge is -2.23. The molecule has 1 saturated heterocycles. The summed E-state index contributed by atoms with van der Waals surface area (Å²) in [5, 5.41) is 0. The Hall–Kier alpha value is -0.290. The zero-order valence-corrected chi connectivity index (χ0v) is 6.77. The molecule has 0 radical (unpaired) electrons. The lowest BCUT2D eigenvalue weighted by molar-refractivity contribution is -0.147. The lowest BCUT2D eigenvalue weighted by Crippen LogP contribution is -2.41. The van der Waals surface area contributed by atoms with Gasteiger partial charge in [0.15, 0.2) is 0 Å². The second-order valence-electron chi connectivity index (χ2n) is 3.12. The molecule has 0 spiro atoms. The fourth-order valence-corrected chi connectivity index (χ4v) is 1.60. The molecule has 2 N–H and O–H groups in total. The van der Waals surface area contributed by atoms with Crippen LogP contribution in [0.3, 0.4) is 0 Å². The molecule has 0 aromatic heterocycles. The quantitative estimate of drug-likeness (QED) is 0.689. The second-order valence-corrected chi connectivity index (χ2v) is 3.12. The molecule has 5 heteroatoms. The van der Waals surface area contributed by atoms with Gasteiger partial charge in [0.25, 0.3) is 0 Å². The highest BCUT2D eigenvalue weighted by Gasteiger charge is 2.35. The van der Waals surface area contributed by atoms with Crippen LogP contribution in [0.25, 0.3) is 0 Å². The third-order valence-electron chi connectivity index (χ3n) is 2.15. The van der Waals surface area contributed by atoms with Gasteiger partial charge in [-0.05, 0) is 19.4 Å². The largest absolute Gasteiger partial charge is 0.401 e. The van der Waals surface area contributed by atoms with Crippen LogP contribution < -0.4 is 5.73 Å². The van der Waals surface area contributed by atoms with Gasteiger partial charge in [-0.25, -0.2) is 0 Å². The van der Waals surface area contributed by atoms with E-state index in [2.05, 4.69) is 0 Å². The van der Waals surface area contributed by atoms with Crippen LogP contribution in [0.5, 0.6) is 0 Å². The molecule has 0 amide bonds. The fourth-order valence-electron chi connectivity index (χ4n) is 1.60. The van der Waals surface area contributed by atoms with Gasteiger partial charge in [0, 0.05) is 12.6 Å². The molecule has 1 aliphatic rings. The molecule has 1 aliphatic heterocycles. The molecule has 1 atom stereocenters. The molecule has 0 aliphatic carbocycles. The van der Waals surface area contributed by atoms with E-state index in [-0.39, 0.29) is 6.04 Å². The zero-order chi connectivity index (χ0) is 9.19. The molecule has 12 heavy (non-hydrogen) atoms. The molecule has 1 heterocycles. The Kier molecular flexibility index (Phi) is 2.95. The van der Waals surface area contributed by atoms with E-state index in [1.54, 1.807) is 0 Å². The summed E-state index contributed by atoms with van der Waals surface area (Å²) < 4.78 is 35.8. The average molecular weight is 182 g/mol. The Morgan fingerprint density at radius 2 is 2.08 bits per heavy atom. The lowest BCUT2D eigenvalue weighted by atomic mass is 10.2. The van der Waals surface area contributed by atoms with Crippen molar-refractivity contribution < 1.29 is 13.2 Å². The summed E-state index contributed by atoms with van der Waals surface area (Å²) in [6.07, 6.45) is -2.46. The van der Waals surface area contributed by atoms with Gasteiger partial charge in [0.1, 0.15) is 0 Å². The summed E-state index contributed by atoms with van der Waals surface area (Å²) in [7, 11) is 0. The van der Waals surface area contributed by atoms with E-state index in [4.69, 9.17) is 5.73 Å². The van der Waals surface area contributed by atoms with Crippen LogP contribution >= 0.6 is 0 Å². The van der Waals surface area contributed by atoms with Crippen LogP contribution in [0.15, 0.2) is 0 Å². The number of rotatable bonds is 2. The van der Waals surface area contributed by atoms with Crippen LogP contribution in [0.1, 0.15) is 12.8 Å². The highest BCUT2D eigenvalue weighted by molar-refractivity contribution is 4.81. The molecular formula is C7H13F3N2. The summed E-state index contributed by atoms with van der Waals surface area (Å²) >= 11 is 0. The number of alkyl halides is 3. The number of hydrogen-bond donors (Lipinski definition) is 1. The van der Waals surface area contributed by atoms with E-state index in [0.29, 0.717) is 13.1 Å². The smallest absolute Gasteiger partial charge is 0.329 e. The van der Waals surface area contributed by atoms with Gasteiger partial charge in [-0.3, -0.25) is 4.90 Å². The summed E-state index contributed by atoms with van der Waals surface area (Å²) in [4.78, 5) is 1.42. The van der Waals surface area contributed by atoms with E-state index >= 15 is 0 Å². The van der Waals surface area contributed by atoms with Gasteiger partial charge < -0.3 is 5.73 Å². The predicted octanol–water partition coefficient (Wildman–Crippen LogP) is 0.972. The van der Waals surface area contributed by atoms with Crippen molar-refractivity contribution >= 4 is 0 Å². The minimum absolute atomic E-state index is 0.0633. The van der Waals surface area contributed by atoms with E-state index in [9.17, 15) is 13.2 Å². The summed E-state index contributed by atoms with van der Waals surface area (Å²) in [6, 6.07) is -0.0633. The van der Waals surface area contributed by atoms with E-state index < -0.39 is 12.7 Å². The van der Waals surface area contributed by atoms with Gasteiger partial charge in [-0.1, -0.05) is 0 Å². The van der Waals surface area contributed by atoms with E-state index in [1.807, 2.05) is 0 Å². The van der Waals surface area contributed by atoms with Gasteiger partial charge in [-0.15, -0.1) is 0 Å². The number of nitrogens with zero attached hydrogens (tertiary/aromatic N) is 1.